The summed E-state index contributed by atoms with van der Waals surface area (Å²) in [5, 5.41) is 7.32. The number of aryl methyl sites for hydroxylation is 1. The van der Waals surface area contributed by atoms with E-state index >= 15 is 0 Å². The molecule has 0 amide bonds. The molecule has 0 radical (unpaired) electrons. The predicted molar refractivity (Wildman–Crippen MR) is 150 cm³/mol. The Bertz CT molecular complexity index is 1440. The Kier molecular flexibility index (Phi) is 18.8. The molecule has 0 spiro atoms. The summed E-state index contributed by atoms with van der Waals surface area (Å²) >= 11 is 0. The topological polar surface area (TPSA) is 48.5 Å². The molecule has 0 N–H and O–H groups in total. The molecule has 0 atom stereocenters. The maximum Gasteiger partial charge on any atom is 2.00 e. The number of hydrogen-bond donors (Lipinski definition) is 0. The molecule has 0 aliphatic carbocycles. The Morgan fingerprint density at radius 1 is 0.600 bits per heavy atom. The fourth-order valence-electron chi connectivity index (χ4n) is 3.03. The SMILES string of the molecule is CC#N.CC(=Nc1cc(C(F)(F)F)cc(C(F)(F)F)c1)C(C)=Nc1cc(C(F)(F)F)cc(C(F)(F)F)c1.Cc1cc[c-]cc1.F[B-](F)(F)F.[Pt+2]. The Morgan fingerprint density at radius 3 is 0.980 bits per heavy atom. The fourth-order valence-corrected chi connectivity index (χ4v) is 3.03. The third kappa shape index (κ3) is 20.0. The molecule has 3 rings (SSSR count). The average molecular weight is 922 g/mol. The Labute approximate surface area is 289 Å². The van der Waals surface area contributed by atoms with Gasteiger partial charge in [0.1, 0.15) is 0 Å². The van der Waals surface area contributed by atoms with E-state index in [0.29, 0.717) is 24.3 Å². The van der Waals surface area contributed by atoms with Gasteiger partial charge in [-0.2, -0.15) is 93.8 Å². The Morgan fingerprint density at radius 2 is 0.820 bits per heavy atom. The molecule has 0 fully saturated rings. The second-order valence-electron chi connectivity index (χ2n) is 9.22. The van der Waals surface area contributed by atoms with Crippen LogP contribution in [-0.2, 0) is 45.8 Å². The number of benzene rings is 3. The molecule has 3 nitrogen and oxygen atoms in total. The third-order valence-corrected chi connectivity index (χ3v) is 5.15. The van der Waals surface area contributed by atoms with E-state index in [1.54, 1.807) is 6.07 Å². The fraction of sp³-hybridized carbons (Fsp3) is 0.276. The molecule has 0 aliphatic heterocycles. The van der Waals surface area contributed by atoms with Gasteiger partial charge in [0.15, 0.2) is 0 Å². The molecule has 0 aromatic heterocycles. The molecule has 0 heterocycles. The van der Waals surface area contributed by atoms with E-state index in [-0.39, 0.29) is 44.6 Å². The molecule has 0 aliphatic rings. The molecule has 0 saturated carbocycles. The van der Waals surface area contributed by atoms with Crippen LogP contribution >= 0.6 is 0 Å². The minimum Gasteiger partial charge on any atom is -0.418 e. The van der Waals surface area contributed by atoms with Crippen molar-refractivity contribution in [1.29, 1.82) is 5.26 Å². The van der Waals surface area contributed by atoms with Crippen LogP contribution in [0, 0.1) is 24.3 Å². The zero-order valence-electron chi connectivity index (χ0n) is 25.6. The van der Waals surface area contributed by atoms with Gasteiger partial charge in [-0.25, -0.2) is 0 Å². The number of rotatable bonds is 3. The van der Waals surface area contributed by atoms with E-state index in [4.69, 9.17) is 5.26 Å². The second kappa shape index (κ2) is 19.5. The number of alkyl halides is 12. The maximum atomic E-state index is 13.0. The summed E-state index contributed by atoms with van der Waals surface area (Å²) in [4.78, 5) is 7.17. The molecule has 0 bridgehead atoms. The van der Waals surface area contributed by atoms with Gasteiger partial charge in [-0.15, -0.1) is 0 Å². The summed E-state index contributed by atoms with van der Waals surface area (Å²) in [6, 6.07) is 13.5. The van der Waals surface area contributed by atoms with Crippen molar-refractivity contribution >= 4 is 30.1 Å². The van der Waals surface area contributed by atoms with E-state index < -0.39 is 65.6 Å². The van der Waals surface area contributed by atoms with Crippen LogP contribution in [0.3, 0.4) is 0 Å². The van der Waals surface area contributed by atoms with Gasteiger partial charge in [0.2, 0.25) is 0 Å². The van der Waals surface area contributed by atoms with Gasteiger partial charge in [0.05, 0.1) is 51.1 Å². The molecule has 21 heteroatoms. The van der Waals surface area contributed by atoms with E-state index in [1.165, 1.54) is 12.5 Å². The molecular formula is C29H22BF16N3Pt. The minimum atomic E-state index is -6.00. The van der Waals surface area contributed by atoms with Crippen LogP contribution in [0.5, 0.6) is 0 Å². The van der Waals surface area contributed by atoms with Crippen LogP contribution in [0.25, 0.3) is 0 Å². The molecule has 278 valence electrons. The van der Waals surface area contributed by atoms with Crippen LogP contribution in [0.15, 0.2) is 70.6 Å². The van der Waals surface area contributed by atoms with Crippen LogP contribution < -0.4 is 0 Å². The number of hydrogen-bond acceptors (Lipinski definition) is 3. The minimum absolute atomic E-state index is 0. The quantitative estimate of drug-likeness (QED) is 0.112. The van der Waals surface area contributed by atoms with Crippen molar-refractivity contribution in [3.63, 3.8) is 0 Å². The zero-order valence-corrected chi connectivity index (χ0v) is 27.8. The van der Waals surface area contributed by atoms with E-state index in [9.17, 15) is 69.9 Å². The molecule has 0 unspecified atom stereocenters. The largest absolute Gasteiger partial charge is 2.00 e. The Balaban J connectivity index is 0. The Hall–Kier alpha value is -3.88. The summed E-state index contributed by atoms with van der Waals surface area (Å²) in [5.74, 6) is 0. The van der Waals surface area contributed by atoms with Crippen LogP contribution in [0.1, 0.15) is 48.6 Å². The normalized spacial score (nSPS) is 12.5. The van der Waals surface area contributed by atoms with E-state index in [1.807, 2.05) is 24.3 Å². The van der Waals surface area contributed by atoms with Crippen LogP contribution in [0.2, 0.25) is 0 Å². The number of nitrogens with zero attached hydrogens (tertiary/aromatic N) is 3. The summed E-state index contributed by atoms with van der Waals surface area (Å²) in [5.41, 5.74) is -7.63. The molecule has 3 aromatic rings. The molecule has 0 saturated heterocycles. The van der Waals surface area contributed by atoms with Crippen molar-refractivity contribution in [2.75, 3.05) is 0 Å². The molecule has 3 aromatic carbocycles. The van der Waals surface area contributed by atoms with Gasteiger partial charge in [-0.3, -0.25) is 9.98 Å². The second-order valence-corrected chi connectivity index (χ2v) is 9.22. The smallest absolute Gasteiger partial charge is 0.418 e. The van der Waals surface area contributed by atoms with Crippen molar-refractivity contribution in [2.24, 2.45) is 9.98 Å². The monoisotopic (exact) mass is 922 g/mol. The van der Waals surface area contributed by atoms with Crippen molar-refractivity contribution in [1.82, 2.24) is 0 Å². The number of halogens is 16. The van der Waals surface area contributed by atoms with E-state index in [0.717, 1.165) is 13.8 Å². The van der Waals surface area contributed by atoms with Crippen LogP contribution in [-0.4, -0.2) is 18.7 Å². The van der Waals surface area contributed by atoms with E-state index in [2.05, 4.69) is 23.0 Å². The first-order valence-corrected chi connectivity index (χ1v) is 12.8. The summed E-state index contributed by atoms with van der Waals surface area (Å²) in [6.45, 7) is 5.61. The predicted octanol–water partition coefficient (Wildman–Crippen LogP) is 12.3. The first kappa shape index (κ1) is 48.2. The maximum absolute atomic E-state index is 13.0. The van der Waals surface area contributed by atoms with Crippen molar-refractivity contribution in [2.45, 2.75) is 52.4 Å². The summed E-state index contributed by atoms with van der Waals surface area (Å²) < 4.78 is 195. The van der Waals surface area contributed by atoms with Crippen molar-refractivity contribution < 1.29 is 91.0 Å². The molecular weight excluding hydrogens is 900 g/mol. The van der Waals surface area contributed by atoms with Crippen LogP contribution in [0.4, 0.5) is 81.3 Å². The number of nitriles is 1. The summed E-state index contributed by atoms with van der Waals surface area (Å²) in [6.07, 6.45) is -20.6. The standard InChI is InChI=1S/C20H12F12N2.C7H7.C2H3N.BF4.Pt/c1-9(33-15-5-11(17(21,22)23)3-12(6-15)18(24,25)26)10(2)34-16-7-13(19(27,28)29)4-14(8-16)20(30,31)32;1-7-5-3-2-4-6-7;1-2-3;2-1(3,4)5;/h3-8H,1-2H3;3-6H,1H3;1H3;;/q;-1;;-1;+2. The third-order valence-electron chi connectivity index (χ3n) is 5.15. The first-order valence-electron chi connectivity index (χ1n) is 12.8. The summed E-state index contributed by atoms with van der Waals surface area (Å²) in [7, 11) is -6.00. The van der Waals surface area contributed by atoms with Gasteiger partial charge in [-0.1, -0.05) is 6.92 Å². The zero-order chi connectivity index (χ0) is 38.6. The van der Waals surface area contributed by atoms with Crippen molar-refractivity contribution in [3.8, 4) is 6.07 Å². The van der Waals surface area contributed by atoms with Gasteiger partial charge in [0, 0.05) is 6.92 Å². The first-order chi connectivity index (χ1) is 22.0. The van der Waals surface area contributed by atoms with Crippen molar-refractivity contribution in [3.05, 3.63) is 94.5 Å². The van der Waals surface area contributed by atoms with Gasteiger partial charge >= 0.3 is 53.0 Å². The van der Waals surface area contributed by atoms with Gasteiger partial charge in [-0.05, 0) is 50.2 Å². The van der Waals surface area contributed by atoms with Gasteiger partial charge in [0.25, 0.3) is 0 Å². The molecule has 50 heavy (non-hydrogen) atoms. The van der Waals surface area contributed by atoms with Gasteiger partial charge < -0.3 is 17.3 Å². The number of aliphatic imine (C=N–C) groups is 2. The average Bonchev–Trinajstić information content (AvgIpc) is 2.91.